The lowest BCUT2D eigenvalue weighted by molar-refractivity contribution is -0.254. The summed E-state index contributed by atoms with van der Waals surface area (Å²) in [6, 6.07) is 20.2. The molecule has 3 nitrogen and oxygen atoms in total. The van der Waals surface area contributed by atoms with Gasteiger partial charge in [0.1, 0.15) is 0 Å². The van der Waals surface area contributed by atoms with Crippen LogP contribution < -0.4 is 10.4 Å². The van der Waals surface area contributed by atoms with Crippen molar-refractivity contribution in [3.8, 4) is 0 Å². The fraction of sp³-hybridized carbons (Fsp3) is 0.174. The molecule has 0 fully saturated rings. The molecule has 1 N–H and O–H groups in total. The quantitative estimate of drug-likeness (QED) is 0.717. The third kappa shape index (κ3) is 2.17. The van der Waals surface area contributed by atoms with Crippen LogP contribution in [-0.4, -0.2) is 5.97 Å². The van der Waals surface area contributed by atoms with Crippen molar-refractivity contribution in [1.29, 1.82) is 0 Å². The molecule has 3 aromatic rings. The second-order valence-electron chi connectivity index (χ2n) is 7.10. The molecule has 3 aromatic carbocycles. The van der Waals surface area contributed by atoms with E-state index in [1.165, 1.54) is 16.3 Å². The number of carbonyl (C=O) groups is 1. The van der Waals surface area contributed by atoms with Gasteiger partial charge in [-0.15, -0.1) is 0 Å². The Bertz CT molecular complexity index is 1050. The Morgan fingerprint density at radius 1 is 0.962 bits per heavy atom. The van der Waals surface area contributed by atoms with Gasteiger partial charge in [0.05, 0.1) is 12.0 Å². The summed E-state index contributed by atoms with van der Waals surface area (Å²) in [7, 11) is 0. The molecular weight excluding hydrogens is 322 g/mol. The molecule has 26 heavy (non-hydrogen) atoms. The number of carbonyl (C=O) groups excluding carboxylic acids is 1. The number of rotatable bonds is 2. The maximum Gasteiger partial charge on any atom is 0.0736 e. The van der Waals surface area contributed by atoms with Gasteiger partial charge in [-0.1, -0.05) is 72.8 Å². The van der Waals surface area contributed by atoms with E-state index in [9.17, 15) is 9.90 Å². The van der Waals surface area contributed by atoms with Gasteiger partial charge in [-0.25, -0.2) is 0 Å². The number of fused-ring (bicyclic) bond motifs is 4. The lowest BCUT2D eigenvalue weighted by atomic mass is 9.75. The summed E-state index contributed by atoms with van der Waals surface area (Å²) < 4.78 is 0. The van der Waals surface area contributed by atoms with Crippen LogP contribution in [0, 0.1) is 5.92 Å². The van der Waals surface area contributed by atoms with Crippen molar-refractivity contribution in [1.82, 2.24) is 0 Å². The monoisotopic (exact) mass is 340 g/mol. The van der Waals surface area contributed by atoms with Crippen LogP contribution >= 0.6 is 0 Å². The fourth-order valence-electron chi connectivity index (χ4n) is 4.62. The van der Waals surface area contributed by atoms with E-state index in [0.717, 1.165) is 12.0 Å². The molecule has 1 heterocycles. The Morgan fingerprint density at radius 3 is 2.62 bits per heavy atom. The number of anilines is 1. The largest absolute Gasteiger partial charge is 0.545 e. The van der Waals surface area contributed by atoms with Gasteiger partial charge < -0.3 is 15.2 Å². The van der Waals surface area contributed by atoms with E-state index in [1.54, 1.807) is 6.07 Å². The summed E-state index contributed by atoms with van der Waals surface area (Å²) in [4.78, 5) is 11.7. The summed E-state index contributed by atoms with van der Waals surface area (Å²) in [5.41, 5.74) is 3.23. The average Bonchev–Trinajstić information content (AvgIpc) is 3.16. The van der Waals surface area contributed by atoms with Gasteiger partial charge >= 0.3 is 0 Å². The first kappa shape index (κ1) is 15.2. The summed E-state index contributed by atoms with van der Waals surface area (Å²) in [6.45, 7) is 0. The van der Waals surface area contributed by atoms with E-state index < -0.39 is 5.97 Å². The van der Waals surface area contributed by atoms with E-state index in [4.69, 9.17) is 0 Å². The third-order valence-corrected chi connectivity index (χ3v) is 5.78. The predicted molar refractivity (Wildman–Crippen MR) is 101 cm³/mol. The fourth-order valence-corrected chi connectivity index (χ4v) is 4.62. The van der Waals surface area contributed by atoms with E-state index >= 15 is 0 Å². The van der Waals surface area contributed by atoms with Crippen LogP contribution in [-0.2, 0) is 0 Å². The number of para-hydroxylation sites is 1. The van der Waals surface area contributed by atoms with Gasteiger partial charge in [0, 0.05) is 17.2 Å². The summed E-state index contributed by atoms with van der Waals surface area (Å²) in [5, 5.41) is 17.6. The van der Waals surface area contributed by atoms with Crippen LogP contribution in [0.3, 0.4) is 0 Å². The van der Waals surface area contributed by atoms with E-state index in [2.05, 4.69) is 53.9 Å². The zero-order valence-corrected chi connectivity index (χ0v) is 14.2. The van der Waals surface area contributed by atoms with Gasteiger partial charge in [0.25, 0.3) is 0 Å². The summed E-state index contributed by atoms with van der Waals surface area (Å²) in [6.07, 6.45) is 5.43. The van der Waals surface area contributed by atoms with Gasteiger partial charge in [0.2, 0.25) is 0 Å². The van der Waals surface area contributed by atoms with E-state index in [1.807, 2.05) is 18.2 Å². The molecule has 0 bridgehead atoms. The zero-order chi connectivity index (χ0) is 17.7. The SMILES string of the molecule is O=C([O-])c1cccc2c1N[C@H](c1cccc3ccccc13)[C@H]1CC=C[C@H]21. The van der Waals surface area contributed by atoms with Crippen LogP contribution in [0.25, 0.3) is 10.8 Å². The molecule has 1 aliphatic carbocycles. The lowest BCUT2D eigenvalue weighted by Crippen LogP contribution is -2.32. The maximum absolute atomic E-state index is 11.7. The number of carboxylic acids is 1. The second-order valence-corrected chi connectivity index (χ2v) is 7.10. The molecule has 128 valence electrons. The van der Waals surface area contributed by atoms with Crippen molar-refractivity contribution in [3.05, 3.63) is 89.5 Å². The maximum atomic E-state index is 11.7. The molecule has 0 spiro atoms. The average molecular weight is 340 g/mol. The topological polar surface area (TPSA) is 52.2 Å². The number of hydrogen-bond donors (Lipinski definition) is 1. The van der Waals surface area contributed by atoms with Gasteiger partial charge in [-0.05, 0) is 34.2 Å². The predicted octanol–water partition coefficient (Wildman–Crippen LogP) is 4.03. The van der Waals surface area contributed by atoms with Crippen molar-refractivity contribution in [2.75, 3.05) is 5.32 Å². The van der Waals surface area contributed by atoms with Gasteiger partial charge in [0.15, 0.2) is 0 Å². The molecule has 0 saturated heterocycles. The van der Waals surface area contributed by atoms with Crippen LogP contribution in [0.2, 0.25) is 0 Å². The first-order chi connectivity index (χ1) is 12.7. The molecule has 1 aliphatic heterocycles. The molecule has 0 radical (unpaired) electrons. The number of benzene rings is 3. The molecule has 5 rings (SSSR count). The van der Waals surface area contributed by atoms with E-state index in [0.29, 0.717) is 11.6 Å². The van der Waals surface area contributed by atoms with Crippen molar-refractivity contribution in [2.24, 2.45) is 5.92 Å². The number of hydrogen-bond acceptors (Lipinski definition) is 3. The van der Waals surface area contributed by atoms with Crippen molar-refractivity contribution < 1.29 is 9.90 Å². The van der Waals surface area contributed by atoms with Crippen LogP contribution in [0.5, 0.6) is 0 Å². The van der Waals surface area contributed by atoms with Gasteiger partial charge in [-0.3, -0.25) is 0 Å². The lowest BCUT2D eigenvalue weighted by Gasteiger charge is -2.39. The van der Waals surface area contributed by atoms with Crippen molar-refractivity contribution in [3.63, 3.8) is 0 Å². The van der Waals surface area contributed by atoms with Crippen molar-refractivity contribution >= 4 is 22.4 Å². The summed E-state index contributed by atoms with van der Waals surface area (Å²) in [5.74, 6) is -0.522. The second kappa shape index (κ2) is 5.73. The number of nitrogens with one attached hydrogen (secondary N) is 1. The Morgan fingerprint density at radius 2 is 1.73 bits per heavy atom. The van der Waals surface area contributed by atoms with Crippen LogP contribution in [0.1, 0.15) is 39.9 Å². The molecule has 0 amide bonds. The highest BCUT2D eigenvalue weighted by atomic mass is 16.4. The molecule has 0 unspecified atom stereocenters. The minimum atomic E-state index is -1.13. The Kier molecular flexibility index (Phi) is 3.35. The number of aromatic carboxylic acids is 1. The van der Waals surface area contributed by atoms with Crippen LogP contribution in [0.15, 0.2) is 72.8 Å². The van der Waals surface area contributed by atoms with E-state index in [-0.39, 0.29) is 17.5 Å². The Labute approximate surface area is 152 Å². The normalized spacial score (nSPS) is 23.3. The molecule has 2 aliphatic rings. The first-order valence-corrected chi connectivity index (χ1v) is 8.99. The summed E-state index contributed by atoms with van der Waals surface area (Å²) >= 11 is 0. The van der Waals surface area contributed by atoms with Crippen molar-refractivity contribution in [2.45, 2.75) is 18.4 Å². The first-order valence-electron chi connectivity index (χ1n) is 8.99. The molecular formula is C23H18NO2-. The Balaban J connectivity index is 1.71. The zero-order valence-electron chi connectivity index (χ0n) is 14.2. The highest BCUT2D eigenvalue weighted by Crippen LogP contribution is 2.51. The van der Waals surface area contributed by atoms with Gasteiger partial charge in [-0.2, -0.15) is 0 Å². The minimum Gasteiger partial charge on any atom is -0.545 e. The minimum absolute atomic E-state index is 0.0640. The Hall–Kier alpha value is -3.07. The number of carboxylic acid groups (broad SMARTS) is 1. The highest BCUT2D eigenvalue weighted by Gasteiger charge is 2.39. The molecule has 0 saturated carbocycles. The smallest absolute Gasteiger partial charge is 0.0736 e. The standard InChI is InChI=1S/C23H19NO2/c25-23(26)20-13-5-12-19-16-9-4-11-18(16)21(24-22(19)20)17-10-3-7-14-6-1-2-8-15(14)17/h1-10,12-13,16,18,21,24H,11H2,(H,25,26)/p-1/t16-,18-,21+/m0/s1. The molecule has 0 aromatic heterocycles. The molecule has 3 heteroatoms. The highest BCUT2D eigenvalue weighted by molar-refractivity contribution is 5.95. The number of allylic oxidation sites excluding steroid dienone is 2. The van der Waals surface area contributed by atoms with Crippen LogP contribution in [0.4, 0.5) is 5.69 Å². The molecule has 3 atom stereocenters. The third-order valence-electron chi connectivity index (χ3n) is 5.78.